The maximum absolute atomic E-state index is 8.94. The molecule has 0 heterocycles. The Kier molecular flexibility index (Phi) is 4.67. The van der Waals surface area contributed by atoms with Crippen molar-refractivity contribution in [1.29, 1.82) is 5.26 Å². The first-order valence-corrected chi connectivity index (χ1v) is 7.74. The molecule has 0 aromatic rings. The Labute approximate surface area is 112 Å². The molecule has 2 rings (SSSR count). The van der Waals surface area contributed by atoms with Crippen LogP contribution >= 0.6 is 0 Å². The summed E-state index contributed by atoms with van der Waals surface area (Å²) in [4.78, 5) is 0. The van der Waals surface area contributed by atoms with E-state index in [1.165, 1.54) is 45.1 Å². The number of nitrogens with zero attached hydrogens (tertiary/aromatic N) is 1. The van der Waals surface area contributed by atoms with Crippen molar-refractivity contribution < 1.29 is 0 Å². The van der Waals surface area contributed by atoms with Gasteiger partial charge in [0.2, 0.25) is 0 Å². The largest absolute Gasteiger partial charge is 0.316 e. The van der Waals surface area contributed by atoms with Gasteiger partial charge in [0.1, 0.15) is 0 Å². The van der Waals surface area contributed by atoms with Crippen molar-refractivity contribution in [3.05, 3.63) is 0 Å². The molecule has 0 saturated heterocycles. The van der Waals surface area contributed by atoms with Gasteiger partial charge in [0, 0.05) is 0 Å². The molecule has 2 heteroatoms. The molecular weight excluding hydrogens is 220 g/mol. The monoisotopic (exact) mass is 248 g/mol. The molecule has 0 aliphatic heterocycles. The predicted octanol–water partition coefficient (Wildman–Crippen LogP) is 3.73. The number of nitrogens with one attached hydrogen (secondary N) is 1. The number of hydrogen-bond acceptors (Lipinski definition) is 2. The highest BCUT2D eigenvalue weighted by Gasteiger charge is 2.40. The summed E-state index contributed by atoms with van der Waals surface area (Å²) in [5.41, 5.74) is -0.134. The molecule has 18 heavy (non-hydrogen) atoms. The van der Waals surface area contributed by atoms with E-state index in [4.69, 9.17) is 5.26 Å². The molecule has 0 aromatic carbocycles. The van der Waals surface area contributed by atoms with E-state index in [1.54, 1.807) is 0 Å². The Bertz CT molecular complexity index is 283. The van der Waals surface area contributed by atoms with E-state index < -0.39 is 0 Å². The first-order chi connectivity index (χ1) is 8.62. The molecule has 2 fully saturated rings. The molecule has 0 aromatic heterocycles. The minimum absolute atomic E-state index is 0.134. The topological polar surface area (TPSA) is 35.8 Å². The molecule has 0 bridgehead atoms. The van der Waals surface area contributed by atoms with Crippen LogP contribution in [0.2, 0.25) is 0 Å². The van der Waals surface area contributed by atoms with Gasteiger partial charge in [-0.2, -0.15) is 5.26 Å². The highest BCUT2D eigenvalue weighted by atomic mass is 14.9. The van der Waals surface area contributed by atoms with Crippen molar-refractivity contribution in [1.82, 2.24) is 5.32 Å². The maximum atomic E-state index is 8.94. The zero-order valence-electron chi connectivity index (χ0n) is 12.0. The van der Waals surface area contributed by atoms with Gasteiger partial charge >= 0.3 is 0 Å². The second-order valence-corrected chi connectivity index (χ2v) is 7.00. The molecule has 2 aliphatic carbocycles. The van der Waals surface area contributed by atoms with E-state index in [9.17, 15) is 0 Å². The van der Waals surface area contributed by atoms with E-state index in [0.29, 0.717) is 0 Å². The Balaban J connectivity index is 1.49. The van der Waals surface area contributed by atoms with Crippen molar-refractivity contribution >= 4 is 0 Å². The third-order valence-corrected chi connectivity index (χ3v) is 4.54. The zero-order valence-corrected chi connectivity index (χ0v) is 12.0. The van der Waals surface area contributed by atoms with E-state index in [0.717, 1.165) is 30.7 Å². The molecule has 0 spiro atoms. The predicted molar refractivity (Wildman–Crippen MR) is 75.1 cm³/mol. The first-order valence-electron chi connectivity index (χ1n) is 7.74. The van der Waals surface area contributed by atoms with E-state index in [-0.39, 0.29) is 5.41 Å². The Morgan fingerprint density at radius 1 is 1.17 bits per heavy atom. The SMILES string of the molecule is CC(C)(C#N)CCCCNCC(C1CC1)C1CC1. The van der Waals surface area contributed by atoms with Crippen LogP contribution in [0.3, 0.4) is 0 Å². The minimum Gasteiger partial charge on any atom is -0.316 e. The van der Waals surface area contributed by atoms with Gasteiger partial charge in [-0.25, -0.2) is 0 Å². The Morgan fingerprint density at radius 2 is 1.78 bits per heavy atom. The average Bonchev–Trinajstić information content (AvgIpc) is 3.20. The van der Waals surface area contributed by atoms with Crippen LogP contribution in [0.15, 0.2) is 0 Å². The quantitative estimate of drug-likeness (QED) is 0.631. The molecule has 2 aliphatic rings. The normalized spacial score (nSPS) is 20.1. The molecule has 1 N–H and O–H groups in total. The van der Waals surface area contributed by atoms with Crippen LogP contribution in [0.25, 0.3) is 0 Å². The van der Waals surface area contributed by atoms with Gasteiger partial charge in [-0.05, 0) is 83.2 Å². The summed E-state index contributed by atoms with van der Waals surface area (Å²) >= 11 is 0. The van der Waals surface area contributed by atoms with Gasteiger partial charge in [0.05, 0.1) is 11.5 Å². The van der Waals surface area contributed by atoms with Gasteiger partial charge < -0.3 is 5.32 Å². The molecule has 2 nitrogen and oxygen atoms in total. The highest BCUT2D eigenvalue weighted by Crippen LogP contribution is 2.48. The molecule has 0 amide bonds. The molecular formula is C16H28N2. The van der Waals surface area contributed by atoms with Crippen LogP contribution in [-0.2, 0) is 0 Å². The van der Waals surface area contributed by atoms with Crippen LogP contribution in [0.1, 0.15) is 58.8 Å². The summed E-state index contributed by atoms with van der Waals surface area (Å²) in [5.74, 6) is 3.10. The Morgan fingerprint density at radius 3 is 2.28 bits per heavy atom. The molecule has 0 radical (unpaired) electrons. The van der Waals surface area contributed by atoms with Gasteiger partial charge in [0.15, 0.2) is 0 Å². The van der Waals surface area contributed by atoms with Gasteiger partial charge in [0.25, 0.3) is 0 Å². The summed E-state index contributed by atoms with van der Waals surface area (Å²) in [6.07, 6.45) is 9.36. The number of unbranched alkanes of at least 4 members (excludes halogenated alkanes) is 1. The summed E-state index contributed by atoms with van der Waals surface area (Å²) in [7, 11) is 0. The Hall–Kier alpha value is -0.550. The van der Waals surface area contributed by atoms with Gasteiger partial charge in [-0.1, -0.05) is 6.42 Å². The standard InChI is InChI=1S/C16H28N2/c1-16(2,12-17)9-3-4-10-18-11-15(13-5-6-13)14-7-8-14/h13-15,18H,3-11H2,1-2H3. The lowest BCUT2D eigenvalue weighted by atomic mass is 9.89. The lowest BCUT2D eigenvalue weighted by Gasteiger charge is -2.17. The molecule has 102 valence electrons. The zero-order chi connectivity index (χ0) is 13.0. The highest BCUT2D eigenvalue weighted by molar-refractivity contribution is 4.93. The molecule has 0 unspecified atom stereocenters. The summed E-state index contributed by atoms with van der Waals surface area (Å²) in [6.45, 7) is 6.46. The van der Waals surface area contributed by atoms with Crippen molar-refractivity contribution in [3.63, 3.8) is 0 Å². The van der Waals surface area contributed by atoms with Crippen LogP contribution in [0, 0.1) is 34.5 Å². The smallest absolute Gasteiger partial charge is 0.0683 e. The second-order valence-electron chi connectivity index (χ2n) is 7.00. The number of nitriles is 1. The summed E-state index contributed by atoms with van der Waals surface area (Å²) < 4.78 is 0. The van der Waals surface area contributed by atoms with Crippen LogP contribution in [0.5, 0.6) is 0 Å². The third-order valence-electron chi connectivity index (χ3n) is 4.54. The van der Waals surface area contributed by atoms with Crippen LogP contribution in [0.4, 0.5) is 0 Å². The van der Waals surface area contributed by atoms with E-state index in [1.807, 2.05) is 13.8 Å². The molecule has 2 saturated carbocycles. The summed E-state index contributed by atoms with van der Waals surface area (Å²) in [5, 5.41) is 12.6. The van der Waals surface area contributed by atoms with Gasteiger partial charge in [-0.3, -0.25) is 0 Å². The number of rotatable bonds is 9. The average molecular weight is 248 g/mol. The lowest BCUT2D eigenvalue weighted by Crippen LogP contribution is -2.26. The van der Waals surface area contributed by atoms with E-state index >= 15 is 0 Å². The fraction of sp³-hybridized carbons (Fsp3) is 0.938. The fourth-order valence-electron chi connectivity index (χ4n) is 2.91. The van der Waals surface area contributed by atoms with Crippen molar-refractivity contribution in [2.45, 2.75) is 58.8 Å². The van der Waals surface area contributed by atoms with Gasteiger partial charge in [-0.15, -0.1) is 0 Å². The van der Waals surface area contributed by atoms with Crippen LogP contribution < -0.4 is 5.32 Å². The van der Waals surface area contributed by atoms with E-state index in [2.05, 4.69) is 11.4 Å². The second kappa shape index (κ2) is 6.06. The first kappa shape index (κ1) is 13.9. The fourth-order valence-corrected chi connectivity index (χ4v) is 2.91. The van der Waals surface area contributed by atoms with Crippen molar-refractivity contribution in [2.75, 3.05) is 13.1 Å². The summed E-state index contributed by atoms with van der Waals surface area (Å²) in [6, 6.07) is 2.38. The van der Waals surface area contributed by atoms with Crippen molar-refractivity contribution in [3.8, 4) is 6.07 Å². The minimum atomic E-state index is -0.134. The van der Waals surface area contributed by atoms with Crippen molar-refractivity contribution in [2.24, 2.45) is 23.2 Å². The third kappa shape index (κ3) is 4.61. The van der Waals surface area contributed by atoms with Crippen LogP contribution in [-0.4, -0.2) is 13.1 Å². The number of hydrogen-bond donors (Lipinski definition) is 1. The lowest BCUT2D eigenvalue weighted by molar-refractivity contribution is 0.371. The molecule has 0 atom stereocenters. The maximum Gasteiger partial charge on any atom is 0.0683 e.